The number of hydrogen-bond acceptors (Lipinski definition) is 4. The van der Waals surface area contributed by atoms with E-state index in [1.165, 1.54) is 0 Å². The smallest absolute Gasteiger partial charge is 0.255 e. The summed E-state index contributed by atoms with van der Waals surface area (Å²) >= 11 is 3.36. The number of amides is 3. The third-order valence-electron chi connectivity index (χ3n) is 6.51. The normalized spacial score (nSPS) is 14.1. The van der Waals surface area contributed by atoms with Gasteiger partial charge in [-0.05, 0) is 73.2 Å². The standard InChI is InChI=1S/C31H24BrN3O4/c1-2-35-26-16-11-20(28(36)19-7-4-3-5-8-19)18-25(26)27(31(35)39)30(38)34-24-10-6-9-21(17-24)29(37)33-23-14-12-22(32)13-15-23/h3-18,27H,2H2,1H3,(H,33,37)(H,34,38). The Balaban J connectivity index is 1.39. The molecule has 7 nitrogen and oxygen atoms in total. The van der Waals surface area contributed by atoms with Crippen LogP contribution >= 0.6 is 15.9 Å². The van der Waals surface area contributed by atoms with Gasteiger partial charge in [-0.2, -0.15) is 0 Å². The van der Waals surface area contributed by atoms with E-state index in [2.05, 4.69) is 26.6 Å². The van der Waals surface area contributed by atoms with Crippen molar-refractivity contribution in [3.63, 3.8) is 0 Å². The predicted molar refractivity (Wildman–Crippen MR) is 154 cm³/mol. The third-order valence-corrected chi connectivity index (χ3v) is 7.04. The summed E-state index contributed by atoms with van der Waals surface area (Å²) in [6.45, 7) is 2.21. The Morgan fingerprint density at radius 3 is 2.21 bits per heavy atom. The first-order valence-corrected chi connectivity index (χ1v) is 13.2. The van der Waals surface area contributed by atoms with E-state index < -0.39 is 11.8 Å². The molecule has 0 saturated carbocycles. The molecule has 8 heteroatoms. The lowest BCUT2D eigenvalue weighted by Gasteiger charge is -2.15. The van der Waals surface area contributed by atoms with Crippen LogP contribution < -0.4 is 15.5 Å². The molecule has 4 aromatic carbocycles. The van der Waals surface area contributed by atoms with E-state index in [-0.39, 0.29) is 17.6 Å². The predicted octanol–water partition coefficient (Wildman–Crippen LogP) is 6.02. The van der Waals surface area contributed by atoms with E-state index in [4.69, 9.17) is 0 Å². The van der Waals surface area contributed by atoms with Gasteiger partial charge in [-0.1, -0.05) is 52.3 Å². The maximum absolute atomic E-state index is 13.5. The van der Waals surface area contributed by atoms with Gasteiger partial charge in [0.15, 0.2) is 5.78 Å². The minimum Gasteiger partial charge on any atom is -0.325 e. The molecule has 0 radical (unpaired) electrons. The fourth-order valence-corrected chi connectivity index (χ4v) is 4.87. The highest BCUT2D eigenvalue weighted by molar-refractivity contribution is 9.10. The molecule has 1 unspecified atom stereocenters. The second kappa shape index (κ2) is 11.0. The summed E-state index contributed by atoms with van der Waals surface area (Å²) < 4.78 is 0.895. The summed E-state index contributed by atoms with van der Waals surface area (Å²) in [5.74, 6) is -2.55. The van der Waals surface area contributed by atoms with Gasteiger partial charge in [0.25, 0.3) is 5.91 Å². The molecule has 1 aliphatic heterocycles. The van der Waals surface area contributed by atoms with Gasteiger partial charge in [-0.25, -0.2) is 0 Å². The molecule has 4 aromatic rings. The second-order valence-corrected chi connectivity index (χ2v) is 9.93. The van der Waals surface area contributed by atoms with Crippen molar-refractivity contribution in [1.82, 2.24) is 0 Å². The SMILES string of the molecule is CCN1C(=O)C(C(=O)Nc2cccc(C(=O)Nc3ccc(Br)cc3)c2)c2cc(C(=O)c3ccccc3)ccc21. The van der Waals surface area contributed by atoms with E-state index in [1.807, 2.05) is 25.1 Å². The first-order valence-electron chi connectivity index (χ1n) is 12.4. The van der Waals surface area contributed by atoms with E-state index >= 15 is 0 Å². The molecular weight excluding hydrogens is 558 g/mol. The van der Waals surface area contributed by atoms with Crippen LogP contribution in [0.4, 0.5) is 17.1 Å². The number of fused-ring (bicyclic) bond motifs is 1. The molecule has 0 aromatic heterocycles. The Hall–Kier alpha value is -4.56. The summed E-state index contributed by atoms with van der Waals surface area (Å²) in [6, 6.07) is 27.6. The van der Waals surface area contributed by atoms with Gasteiger partial charge < -0.3 is 15.5 Å². The van der Waals surface area contributed by atoms with E-state index in [0.29, 0.717) is 45.9 Å². The third kappa shape index (κ3) is 5.37. The van der Waals surface area contributed by atoms with Crippen LogP contribution in [0.2, 0.25) is 0 Å². The van der Waals surface area contributed by atoms with Crippen molar-refractivity contribution in [3.8, 4) is 0 Å². The molecule has 5 rings (SSSR count). The minimum atomic E-state index is -1.12. The lowest BCUT2D eigenvalue weighted by molar-refractivity contribution is -0.126. The van der Waals surface area contributed by atoms with Crippen molar-refractivity contribution in [2.45, 2.75) is 12.8 Å². The fourth-order valence-electron chi connectivity index (χ4n) is 4.61. The van der Waals surface area contributed by atoms with E-state index in [0.717, 1.165) is 4.47 Å². The monoisotopic (exact) mass is 581 g/mol. The quantitative estimate of drug-likeness (QED) is 0.206. The van der Waals surface area contributed by atoms with Gasteiger partial charge in [0.05, 0.1) is 0 Å². The average Bonchev–Trinajstić information content (AvgIpc) is 3.24. The number of carbonyl (C=O) groups excluding carboxylic acids is 4. The highest BCUT2D eigenvalue weighted by Crippen LogP contribution is 2.39. The first-order chi connectivity index (χ1) is 18.9. The van der Waals surface area contributed by atoms with E-state index in [9.17, 15) is 19.2 Å². The molecule has 1 heterocycles. The van der Waals surface area contributed by atoms with Gasteiger partial charge >= 0.3 is 0 Å². The van der Waals surface area contributed by atoms with Crippen molar-refractivity contribution in [1.29, 1.82) is 0 Å². The van der Waals surface area contributed by atoms with Crippen molar-refractivity contribution < 1.29 is 19.2 Å². The Morgan fingerprint density at radius 1 is 0.769 bits per heavy atom. The number of hydrogen-bond donors (Lipinski definition) is 2. The van der Waals surface area contributed by atoms with Gasteiger partial charge in [-0.3, -0.25) is 19.2 Å². The van der Waals surface area contributed by atoms with Gasteiger partial charge in [0.1, 0.15) is 5.92 Å². The zero-order valence-corrected chi connectivity index (χ0v) is 22.6. The van der Waals surface area contributed by atoms with Crippen molar-refractivity contribution in [2.24, 2.45) is 0 Å². The topological polar surface area (TPSA) is 95.6 Å². The number of nitrogens with one attached hydrogen (secondary N) is 2. The minimum absolute atomic E-state index is 0.190. The molecule has 0 aliphatic carbocycles. The highest BCUT2D eigenvalue weighted by atomic mass is 79.9. The Bertz CT molecular complexity index is 1590. The zero-order valence-electron chi connectivity index (χ0n) is 21.0. The van der Waals surface area contributed by atoms with Crippen LogP contribution in [0.15, 0.2) is 102 Å². The van der Waals surface area contributed by atoms with Crippen LogP contribution in [0.1, 0.15) is 44.7 Å². The lowest BCUT2D eigenvalue weighted by atomic mass is 9.94. The number of ketones is 1. The zero-order chi connectivity index (χ0) is 27.5. The molecule has 39 heavy (non-hydrogen) atoms. The number of carbonyl (C=O) groups is 4. The van der Waals surface area contributed by atoms with Crippen LogP contribution in [0.5, 0.6) is 0 Å². The number of nitrogens with zero attached hydrogens (tertiary/aromatic N) is 1. The number of halogens is 1. The maximum Gasteiger partial charge on any atom is 0.255 e. The molecule has 1 aliphatic rings. The van der Waals surface area contributed by atoms with Crippen LogP contribution in [-0.4, -0.2) is 30.0 Å². The van der Waals surface area contributed by atoms with Crippen molar-refractivity contribution in [3.05, 3.63) is 124 Å². The molecule has 0 bridgehead atoms. The van der Waals surface area contributed by atoms with Crippen LogP contribution in [-0.2, 0) is 9.59 Å². The molecule has 0 spiro atoms. The number of benzene rings is 4. The van der Waals surface area contributed by atoms with Crippen LogP contribution in [0.25, 0.3) is 0 Å². The van der Waals surface area contributed by atoms with Crippen molar-refractivity contribution >= 4 is 56.5 Å². The van der Waals surface area contributed by atoms with E-state index in [1.54, 1.807) is 83.8 Å². The first kappa shape index (κ1) is 26.1. The summed E-state index contributed by atoms with van der Waals surface area (Å²) in [6.07, 6.45) is 0. The molecule has 0 saturated heterocycles. The summed E-state index contributed by atoms with van der Waals surface area (Å²) in [7, 11) is 0. The Kier molecular flexibility index (Phi) is 7.38. The molecular formula is C31H24BrN3O4. The van der Waals surface area contributed by atoms with Gasteiger partial charge in [0, 0.05) is 44.8 Å². The fraction of sp³-hybridized carbons (Fsp3) is 0.0968. The summed E-state index contributed by atoms with van der Waals surface area (Å²) in [5, 5.41) is 5.61. The second-order valence-electron chi connectivity index (χ2n) is 9.02. The molecule has 0 fully saturated rings. The summed E-state index contributed by atoms with van der Waals surface area (Å²) in [4.78, 5) is 54.1. The number of likely N-dealkylation sites (N-methyl/N-ethyl adjacent to an activating group) is 1. The molecule has 2 N–H and O–H groups in total. The molecule has 194 valence electrons. The highest BCUT2D eigenvalue weighted by Gasteiger charge is 2.41. The maximum atomic E-state index is 13.5. The molecule has 3 amide bonds. The largest absolute Gasteiger partial charge is 0.325 e. The molecule has 1 atom stereocenters. The number of anilines is 3. The Morgan fingerprint density at radius 2 is 1.49 bits per heavy atom. The average molecular weight is 582 g/mol. The van der Waals surface area contributed by atoms with Crippen LogP contribution in [0.3, 0.4) is 0 Å². The van der Waals surface area contributed by atoms with Crippen molar-refractivity contribution in [2.75, 3.05) is 22.1 Å². The lowest BCUT2D eigenvalue weighted by Crippen LogP contribution is -2.33. The Labute approximate surface area is 234 Å². The van der Waals surface area contributed by atoms with Gasteiger partial charge in [-0.15, -0.1) is 0 Å². The van der Waals surface area contributed by atoms with Gasteiger partial charge in [0.2, 0.25) is 11.8 Å². The number of rotatable bonds is 7. The summed E-state index contributed by atoms with van der Waals surface area (Å²) in [5.41, 5.74) is 3.36. The van der Waals surface area contributed by atoms with Crippen LogP contribution in [0, 0.1) is 0 Å².